The number of amides is 3. The molecule has 1 aromatic heterocycles. The van der Waals surface area contributed by atoms with Crippen LogP contribution in [0.25, 0.3) is 10.9 Å². The summed E-state index contributed by atoms with van der Waals surface area (Å²) in [5.41, 5.74) is 1.17. The number of carbonyl (C=O) groups is 3. The lowest BCUT2D eigenvalue weighted by Gasteiger charge is -2.24. The van der Waals surface area contributed by atoms with Gasteiger partial charge in [-0.1, -0.05) is 41.9 Å². The number of benzene rings is 2. The molecule has 3 aromatic rings. The molecule has 33 heavy (non-hydrogen) atoms. The minimum atomic E-state index is -1.38. The van der Waals surface area contributed by atoms with Crippen molar-refractivity contribution in [3.63, 3.8) is 0 Å². The number of halogens is 3. The van der Waals surface area contributed by atoms with Crippen molar-refractivity contribution in [1.29, 1.82) is 0 Å². The molecule has 172 valence electrons. The molecular weight excluding hydrogens is 454 g/mol. The average Bonchev–Trinajstić information content (AvgIpc) is 3.36. The first-order valence-electron chi connectivity index (χ1n) is 10.3. The molecule has 0 aliphatic carbocycles. The first kappa shape index (κ1) is 22.7. The van der Waals surface area contributed by atoms with Gasteiger partial charge in [-0.05, 0) is 12.1 Å². The third-order valence-electron chi connectivity index (χ3n) is 5.58. The summed E-state index contributed by atoms with van der Waals surface area (Å²) < 4.78 is 29.7. The highest BCUT2D eigenvalue weighted by Crippen LogP contribution is 2.28. The molecule has 2 atom stereocenters. The summed E-state index contributed by atoms with van der Waals surface area (Å²) in [5, 5.41) is 5.81. The predicted molar refractivity (Wildman–Crippen MR) is 121 cm³/mol. The van der Waals surface area contributed by atoms with Gasteiger partial charge in [0.25, 0.3) is 0 Å². The van der Waals surface area contributed by atoms with Crippen LogP contribution in [-0.2, 0) is 11.3 Å². The third kappa shape index (κ3) is 4.54. The number of likely N-dealkylation sites (tertiary alicyclic amines) is 1. The van der Waals surface area contributed by atoms with Crippen LogP contribution in [0.15, 0.2) is 48.7 Å². The minimum absolute atomic E-state index is 0.0753. The first-order valence-corrected chi connectivity index (χ1v) is 10.7. The van der Waals surface area contributed by atoms with Crippen molar-refractivity contribution in [2.24, 2.45) is 0 Å². The van der Waals surface area contributed by atoms with Crippen LogP contribution in [0.1, 0.15) is 23.7 Å². The van der Waals surface area contributed by atoms with E-state index in [0.29, 0.717) is 16.6 Å². The fourth-order valence-corrected chi connectivity index (χ4v) is 4.17. The van der Waals surface area contributed by atoms with E-state index in [2.05, 4.69) is 10.6 Å². The van der Waals surface area contributed by atoms with Gasteiger partial charge in [0.1, 0.15) is 18.0 Å². The van der Waals surface area contributed by atoms with Crippen molar-refractivity contribution in [1.82, 2.24) is 14.8 Å². The second-order valence-electron chi connectivity index (χ2n) is 7.81. The Morgan fingerprint density at radius 2 is 1.91 bits per heavy atom. The summed E-state index contributed by atoms with van der Waals surface area (Å²) >= 11 is 5.76. The fraction of sp³-hybridized carbons (Fsp3) is 0.261. The molecule has 7 nitrogen and oxygen atoms in total. The number of urea groups is 1. The lowest BCUT2D eigenvalue weighted by atomic mass is 10.2. The van der Waals surface area contributed by atoms with Gasteiger partial charge in [0.05, 0.1) is 22.8 Å². The maximum absolute atomic E-state index is 14.2. The number of nitrogens with one attached hydrogen (secondary N) is 2. The van der Waals surface area contributed by atoms with Crippen molar-refractivity contribution in [3.8, 4) is 0 Å². The molecule has 2 heterocycles. The molecule has 2 aromatic carbocycles. The summed E-state index contributed by atoms with van der Waals surface area (Å²) in [6.45, 7) is 0.966. The molecule has 3 amide bonds. The first-order chi connectivity index (χ1) is 15.8. The Balaban J connectivity index is 1.50. The highest BCUT2D eigenvalue weighted by molar-refractivity contribution is 6.30. The quantitative estimate of drug-likeness (QED) is 0.589. The molecule has 0 spiro atoms. The van der Waals surface area contributed by atoms with Gasteiger partial charge >= 0.3 is 6.03 Å². The molecule has 0 unspecified atom stereocenters. The molecule has 2 N–H and O–H groups in total. The lowest BCUT2D eigenvalue weighted by molar-refractivity contribution is -0.119. The van der Waals surface area contributed by atoms with E-state index < -0.39 is 30.0 Å². The maximum Gasteiger partial charge on any atom is 0.318 e. The zero-order valence-corrected chi connectivity index (χ0v) is 18.4. The summed E-state index contributed by atoms with van der Waals surface area (Å²) in [6, 6.07) is 9.68. The van der Waals surface area contributed by atoms with Gasteiger partial charge in [0.15, 0.2) is 0 Å². The zero-order valence-electron chi connectivity index (χ0n) is 17.6. The van der Waals surface area contributed by atoms with Crippen molar-refractivity contribution in [2.45, 2.75) is 32.1 Å². The van der Waals surface area contributed by atoms with E-state index in [4.69, 9.17) is 11.6 Å². The zero-order chi connectivity index (χ0) is 23.7. The predicted octanol–water partition coefficient (Wildman–Crippen LogP) is 4.35. The van der Waals surface area contributed by atoms with Crippen molar-refractivity contribution < 1.29 is 23.2 Å². The Hall–Kier alpha value is -3.46. The molecule has 0 bridgehead atoms. The molecule has 0 saturated carbocycles. The largest absolute Gasteiger partial charge is 0.334 e. The number of nitrogens with zero attached hydrogens (tertiary/aromatic N) is 2. The van der Waals surface area contributed by atoms with Gasteiger partial charge in [-0.2, -0.15) is 0 Å². The number of alkyl halides is 1. The smallest absolute Gasteiger partial charge is 0.318 e. The summed E-state index contributed by atoms with van der Waals surface area (Å²) in [4.78, 5) is 38.7. The third-order valence-corrected chi connectivity index (χ3v) is 5.88. The number of fused-ring (bicyclic) bond motifs is 1. The summed E-state index contributed by atoms with van der Waals surface area (Å²) in [6.07, 6.45) is -0.0529. The fourth-order valence-electron chi connectivity index (χ4n) is 3.97. The lowest BCUT2D eigenvalue weighted by Crippen LogP contribution is -2.47. The van der Waals surface area contributed by atoms with E-state index in [9.17, 15) is 23.2 Å². The van der Waals surface area contributed by atoms with E-state index in [1.54, 1.807) is 30.3 Å². The maximum atomic E-state index is 14.2. The monoisotopic (exact) mass is 474 g/mol. The molecule has 1 aliphatic heterocycles. The SMILES string of the molecule is CC(=O)n1cc(NC(=O)[C@@H]2C[C@H](F)CN2C(=O)NCc2cccc(Cl)c2F)c2ccccc21. The number of rotatable bonds is 4. The number of aromatic nitrogens is 1. The van der Waals surface area contributed by atoms with E-state index in [-0.39, 0.29) is 36.0 Å². The Bertz CT molecular complexity index is 1250. The summed E-state index contributed by atoms with van der Waals surface area (Å²) in [5.74, 6) is -1.46. The van der Waals surface area contributed by atoms with E-state index in [1.807, 2.05) is 0 Å². The van der Waals surface area contributed by atoms with E-state index in [0.717, 1.165) is 4.90 Å². The Kier molecular flexibility index (Phi) is 6.33. The van der Waals surface area contributed by atoms with E-state index in [1.165, 1.54) is 29.8 Å². The molecule has 0 radical (unpaired) electrons. The average molecular weight is 475 g/mol. The second kappa shape index (κ2) is 9.19. The number of anilines is 1. The Morgan fingerprint density at radius 1 is 1.15 bits per heavy atom. The van der Waals surface area contributed by atoms with Gasteiger partial charge in [0, 0.05) is 37.0 Å². The molecule has 1 fully saturated rings. The van der Waals surface area contributed by atoms with Crippen LogP contribution in [0.2, 0.25) is 5.02 Å². The number of hydrogen-bond donors (Lipinski definition) is 2. The highest BCUT2D eigenvalue weighted by Gasteiger charge is 2.40. The molecule has 1 aliphatic rings. The van der Waals surface area contributed by atoms with Gasteiger partial charge in [-0.15, -0.1) is 0 Å². The second-order valence-corrected chi connectivity index (χ2v) is 8.22. The van der Waals surface area contributed by atoms with Crippen LogP contribution in [0, 0.1) is 5.82 Å². The van der Waals surface area contributed by atoms with Crippen LogP contribution in [0.3, 0.4) is 0 Å². The molecule has 10 heteroatoms. The van der Waals surface area contributed by atoms with Crippen LogP contribution >= 0.6 is 11.6 Å². The van der Waals surface area contributed by atoms with Crippen LogP contribution in [-0.4, -0.2) is 46.1 Å². The Morgan fingerprint density at radius 3 is 2.67 bits per heavy atom. The topological polar surface area (TPSA) is 83.4 Å². The standard InChI is InChI=1S/C23H21ClF2N4O3/c1-13(31)29-12-18(16-6-2-3-8-19(16)29)28-22(32)20-9-15(25)11-30(20)23(33)27-10-14-5-4-7-17(24)21(14)26/h2-8,12,15,20H,9-11H2,1H3,(H,27,33)(H,28,32)/t15-,20-/m0/s1. The van der Waals surface area contributed by atoms with Gasteiger partial charge in [-0.3, -0.25) is 14.2 Å². The molecule has 4 rings (SSSR count). The molecule has 1 saturated heterocycles. The van der Waals surface area contributed by atoms with Crippen LogP contribution < -0.4 is 10.6 Å². The Labute approximate surface area is 193 Å². The van der Waals surface area contributed by atoms with Gasteiger partial charge in [0.2, 0.25) is 11.8 Å². The highest BCUT2D eigenvalue weighted by atomic mass is 35.5. The number of para-hydroxylation sites is 1. The minimum Gasteiger partial charge on any atom is -0.334 e. The van der Waals surface area contributed by atoms with Crippen molar-refractivity contribution in [2.75, 3.05) is 11.9 Å². The van der Waals surface area contributed by atoms with Crippen LogP contribution in [0.4, 0.5) is 19.3 Å². The normalized spacial score (nSPS) is 17.9. The summed E-state index contributed by atoms with van der Waals surface area (Å²) in [7, 11) is 0. The molecular formula is C23H21ClF2N4O3. The van der Waals surface area contributed by atoms with Gasteiger partial charge in [-0.25, -0.2) is 13.6 Å². The van der Waals surface area contributed by atoms with Crippen molar-refractivity contribution in [3.05, 3.63) is 65.1 Å². The van der Waals surface area contributed by atoms with Gasteiger partial charge < -0.3 is 15.5 Å². The van der Waals surface area contributed by atoms with E-state index >= 15 is 0 Å². The number of carbonyl (C=O) groups excluding carboxylic acids is 3. The number of hydrogen-bond acceptors (Lipinski definition) is 3. The van der Waals surface area contributed by atoms with Crippen molar-refractivity contribution >= 4 is 46.0 Å². The van der Waals surface area contributed by atoms with Crippen LogP contribution in [0.5, 0.6) is 0 Å².